The Morgan fingerprint density at radius 2 is 2.18 bits per heavy atom. The van der Waals surface area contributed by atoms with E-state index in [1.165, 1.54) is 25.7 Å². The Bertz CT molecular complexity index is 404. The molecule has 1 heterocycles. The zero-order valence-electron chi connectivity index (χ0n) is 10.6. The first-order valence-corrected chi connectivity index (χ1v) is 6.86. The molecule has 0 radical (unpaired) electrons. The van der Waals surface area contributed by atoms with E-state index in [0.29, 0.717) is 16.8 Å². The molecule has 0 bridgehead atoms. The summed E-state index contributed by atoms with van der Waals surface area (Å²) in [5.74, 6) is 1.40. The summed E-state index contributed by atoms with van der Waals surface area (Å²) in [5, 5.41) is 7.11. The maximum Gasteiger partial charge on any atom is 0.195 e. The van der Waals surface area contributed by atoms with E-state index >= 15 is 0 Å². The van der Waals surface area contributed by atoms with Gasteiger partial charge in [0.1, 0.15) is 5.82 Å². The fourth-order valence-corrected chi connectivity index (χ4v) is 2.58. The minimum absolute atomic E-state index is 0.384. The van der Waals surface area contributed by atoms with E-state index in [4.69, 9.17) is 17.0 Å². The van der Waals surface area contributed by atoms with Gasteiger partial charge in [-0.1, -0.05) is 26.7 Å². The minimum atomic E-state index is 0.384. The first kappa shape index (κ1) is 12.8. The van der Waals surface area contributed by atoms with Crippen LogP contribution in [-0.2, 0) is 11.3 Å². The minimum Gasteiger partial charge on any atom is -0.376 e. The molecule has 1 aromatic heterocycles. The lowest BCUT2D eigenvalue weighted by Gasteiger charge is -2.13. The van der Waals surface area contributed by atoms with Crippen molar-refractivity contribution < 1.29 is 4.74 Å². The van der Waals surface area contributed by atoms with Crippen LogP contribution in [0.15, 0.2) is 0 Å². The van der Waals surface area contributed by atoms with Gasteiger partial charge in [0.15, 0.2) is 4.77 Å². The van der Waals surface area contributed by atoms with E-state index in [9.17, 15) is 0 Å². The third kappa shape index (κ3) is 3.16. The zero-order valence-corrected chi connectivity index (χ0v) is 11.4. The van der Waals surface area contributed by atoms with Crippen LogP contribution in [0.3, 0.4) is 0 Å². The summed E-state index contributed by atoms with van der Waals surface area (Å²) in [5.41, 5.74) is 0. The van der Waals surface area contributed by atoms with Gasteiger partial charge >= 0.3 is 0 Å². The number of aromatic amines is 1. The van der Waals surface area contributed by atoms with Gasteiger partial charge in [-0.3, -0.25) is 5.10 Å². The third-order valence-corrected chi connectivity index (χ3v) is 3.59. The maximum atomic E-state index is 5.86. The van der Waals surface area contributed by atoms with Crippen molar-refractivity contribution in [1.29, 1.82) is 0 Å². The van der Waals surface area contributed by atoms with Crippen LogP contribution in [0.2, 0.25) is 0 Å². The highest BCUT2D eigenvalue weighted by Crippen LogP contribution is 2.21. The van der Waals surface area contributed by atoms with Gasteiger partial charge < -0.3 is 9.30 Å². The van der Waals surface area contributed by atoms with Crippen LogP contribution in [0.25, 0.3) is 0 Å². The van der Waals surface area contributed by atoms with Crippen LogP contribution in [0.4, 0.5) is 0 Å². The summed E-state index contributed by atoms with van der Waals surface area (Å²) in [6.45, 7) is 5.79. The molecule has 0 unspecified atom stereocenters. The molecule has 96 valence electrons. The van der Waals surface area contributed by atoms with Crippen molar-refractivity contribution in [3.05, 3.63) is 10.6 Å². The number of hydrogen-bond acceptors (Lipinski definition) is 3. The lowest BCUT2D eigenvalue weighted by Crippen LogP contribution is -2.15. The molecule has 0 atom stereocenters. The number of rotatable bonds is 5. The zero-order chi connectivity index (χ0) is 12.3. The van der Waals surface area contributed by atoms with Gasteiger partial charge in [0, 0.05) is 5.92 Å². The summed E-state index contributed by atoms with van der Waals surface area (Å²) < 4.78 is 8.61. The second-order valence-corrected chi connectivity index (χ2v) is 5.36. The predicted molar refractivity (Wildman–Crippen MR) is 69.7 cm³/mol. The SMILES string of the molecule is CC(C)c1n[nH]c(=S)n1CCOC1CCCC1. The van der Waals surface area contributed by atoms with Crippen LogP contribution >= 0.6 is 12.2 Å². The average Bonchev–Trinajstić information content (AvgIpc) is 2.89. The highest BCUT2D eigenvalue weighted by atomic mass is 32.1. The Hall–Kier alpha value is -0.680. The molecule has 1 aromatic rings. The van der Waals surface area contributed by atoms with E-state index < -0.39 is 0 Å². The molecule has 0 aromatic carbocycles. The molecule has 17 heavy (non-hydrogen) atoms. The molecule has 1 saturated carbocycles. The Morgan fingerprint density at radius 3 is 2.82 bits per heavy atom. The van der Waals surface area contributed by atoms with Crippen molar-refractivity contribution in [1.82, 2.24) is 14.8 Å². The topological polar surface area (TPSA) is 42.8 Å². The first-order chi connectivity index (χ1) is 8.18. The third-order valence-electron chi connectivity index (χ3n) is 3.27. The number of H-pyrrole nitrogens is 1. The molecule has 0 saturated heterocycles. The fraction of sp³-hybridized carbons (Fsp3) is 0.833. The average molecular weight is 255 g/mol. The number of aromatic nitrogens is 3. The molecule has 0 spiro atoms. The van der Waals surface area contributed by atoms with Gasteiger partial charge in [0.05, 0.1) is 19.3 Å². The van der Waals surface area contributed by atoms with E-state index in [2.05, 4.69) is 28.6 Å². The summed E-state index contributed by atoms with van der Waals surface area (Å²) in [7, 11) is 0. The van der Waals surface area contributed by atoms with Crippen LogP contribution < -0.4 is 0 Å². The van der Waals surface area contributed by atoms with Gasteiger partial charge in [-0.05, 0) is 25.1 Å². The molecule has 2 rings (SSSR count). The van der Waals surface area contributed by atoms with Crippen LogP contribution in [0.5, 0.6) is 0 Å². The van der Waals surface area contributed by atoms with Crippen molar-refractivity contribution in [3.63, 3.8) is 0 Å². The highest BCUT2D eigenvalue weighted by molar-refractivity contribution is 7.71. The Kier molecular flexibility index (Phi) is 4.34. The Morgan fingerprint density at radius 1 is 1.47 bits per heavy atom. The van der Waals surface area contributed by atoms with Gasteiger partial charge in [0.25, 0.3) is 0 Å². The van der Waals surface area contributed by atoms with E-state index in [1.54, 1.807) is 0 Å². The van der Waals surface area contributed by atoms with Crippen LogP contribution in [0.1, 0.15) is 51.3 Å². The number of nitrogens with one attached hydrogen (secondary N) is 1. The normalized spacial score (nSPS) is 17.1. The number of hydrogen-bond donors (Lipinski definition) is 1. The first-order valence-electron chi connectivity index (χ1n) is 6.45. The molecule has 5 heteroatoms. The molecule has 0 amide bonds. The van der Waals surface area contributed by atoms with E-state index in [0.717, 1.165) is 19.0 Å². The van der Waals surface area contributed by atoms with E-state index in [1.807, 2.05) is 0 Å². The highest BCUT2D eigenvalue weighted by Gasteiger charge is 2.15. The monoisotopic (exact) mass is 255 g/mol. The largest absolute Gasteiger partial charge is 0.376 e. The molecule has 1 fully saturated rings. The summed E-state index contributed by atoms with van der Waals surface area (Å²) in [6.07, 6.45) is 5.53. The van der Waals surface area contributed by atoms with Crippen molar-refractivity contribution in [2.45, 2.75) is 58.1 Å². The van der Waals surface area contributed by atoms with Crippen molar-refractivity contribution in [3.8, 4) is 0 Å². The van der Waals surface area contributed by atoms with Gasteiger partial charge in [-0.15, -0.1) is 0 Å². The van der Waals surface area contributed by atoms with Gasteiger partial charge in [-0.2, -0.15) is 5.10 Å². The molecular weight excluding hydrogens is 234 g/mol. The van der Waals surface area contributed by atoms with Gasteiger partial charge in [0.2, 0.25) is 0 Å². The summed E-state index contributed by atoms with van der Waals surface area (Å²) in [6, 6.07) is 0. The molecular formula is C12H21N3OS. The lowest BCUT2D eigenvalue weighted by atomic mass is 10.2. The van der Waals surface area contributed by atoms with Crippen molar-refractivity contribution in [2.75, 3.05) is 6.61 Å². The van der Waals surface area contributed by atoms with E-state index in [-0.39, 0.29) is 0 Å². The fourth-order valence-electron chi connectivity index (χ4n) is 2.35. The van der Waals surface area contributed by atoms with Crippen molar-refractivity contribution >= 4 is 12.2 Å². The quantitative estimate of drug-likeness (QED) is 0.822. The molecule has 4 nitrogen and oxygen atoms in total. The maximum absolute atomic E-state index is 5.86. The molecule has 1 N–H and O–H groups in total. The smallest absolute Gasteiger partial charge is 0.195 e. The number of ether oxygens (including phenoxy) is 1. The molecule has 1 aliphatic rings. The lowest BCUT2D eigenvalue weighted by molar-refractivity contribution is 0.0523. The van der Waals surface area contributed by atoms with Crippen LogP contribution in [-0.4, -0.2) is 27.5 Å². The van der Waals surface area contributed by atoms with Crippen molar-refractivity contribution in [2.24, 2.45) is 0 Å². The summed E-state index contributed by atoms with van der Waals surface area (Å²) >= 11 is 5.23. The standard InChI is InChI=1S/C12H21N3OS/c1-9(2)11-13-14-12(17)15(11)7-8-16-10-5-3-4-6-10/h9-10H,3-8H2,1-2H3,(H,14,17). The second kappa shape index (κ2) is 5.78. The van der Waals surface area contributed by atoms with Gasteiger partial charge in [-0.25, -0.2) is 0 Å². The second-order valence-electron chi connectivity index (χ2n) is 4.97. The number of nitrogens with zero attached hydrogens (tertiary/aromatic N) is 2. The predicted octanol–water partition coefficient (Wildman–Crippen LogP) is 3.02. The Labute approximate surface area is 107 Å². The molecule has 1 aliphatic carbocycles. The summed E-state index contributed by atoms with van der Waals surface area (Å²) in [4.78, 5) is 0. The Balaban J connectivity index is 1.89. The van der Waals surface area contributed by atoms with Crippen LogP contribution in [0, 0.1) is 4.77 Å². The molecule has 0 aliphatic heterocycles.